The Morgan fingerprint density at radius 3 is 2.58 bits per heavy atom. The fraction of sp³-hybridized carbons (Fsp3) is 0.350. The molecule has 0 fully saturated rings. The van der Waals surface area contributed by atoms with Gasteiger partial charge < -0.3 is 9.15 Å². The molecule has 0 bridgehead atoms. The van der Waals surface area contributed by atoms with Gasteiger partial charge >= 0.3 is 5.97 Å². The van der Waals surface area contributed by atoms with Crippen molar-refractivity contribution in [2.75, 3.05) is 6.61 Å². The van der Waals surface area contributed by atoms with Gasteiger partial charge in [-0.25, -0.2) is 13.2 Å². The molecule has 0 spiro atoms. The highest BCUT2D eigenvalue weighted by Gasteiger charge is 2.23. The second kappa shape index (κ2) is 7.91. The molecule has 138 valence electrons. The summed E-state index contributed by atoms with van der Waals surface area (Å²) in [5.41, 5.74) is 0. The van der Waals surface area contributed by atoms with Crippen LogP contribution in [0, 0.1) is 11.8 Å². The van der Waals surface area contributed by atoms with Crippen LogP contribution in [0.4, 0.5) is 0 Å². The predicted octanol–water partition coefficient (Wildman–Crippen LogP) is 4.01. The minimum Gasteiger partial charge on any atom is -0.460 e. The lowest BCUT2D eigenvalue weighted by molar-refractivity contribution is 0.0358. The van der Waals surface area contributed by atoms with Crippen LogP contribution in [0.25, 0.3) is 0 Å². The summed E-state index contributed by atoms with van der Waals surface area (Å²) in [7, 11) is -3.52. The standard InChI is InChI=1S/C20H22O5S/c1-15-7-5-6-8-16(15)13-24-20(21)19-12-11-17(25-19)14-26(22,23)18-9-3-2-4-10-18/h2-6,9-12,15-16H,7-8,13-14H2,1H3. The molecule has 0 radical (unpaired) electrons. The number of sulfone groups is 1. The monoisotopic (exact) mass is 374 g/mol. The number of esters is 1. The number of hydrogen-bond acceptors (Lipinski definition) is 5. The van der Waals surface area contributed by atoms with E-state index in [0.29, 0.717) is 18.4 Å². The molecule has 0 N–H and O–H groups in total. The molecule has 2 aromatic rings. The summed E-state index contributed by atoms with van der Waals surface area (Å²) in [5, 5.41) is 0. The van der Waals surface area contributed by atoms with Gasteiger partial charge in [-0.15, -0.1) is 0 Å². The first kappa shape index (κ1) is 18.5. The average molecular weight is 374 g/mol. The first-order valence-corrected chi connectivity index (χ1v) is 10.3. The Morgan fingerprint density at radius 2 is 1.85 bits per heavy atom. The van der Waals surface area contributed by atoms with E-state index >= 15 is 0 Å². The summed E-state index contributed by atoms with van der Waals surface area (Å²) < 4.78 is 35.5. The molecule has 6 heteroatoms. The molecule has 1 aliphatic rings. The van der Waals surface area contributed by atoms with Crippen LogP contribution in [0.2, 0.25) is 0 Å². The van der Waals surface area contributed by atoms with Crippen LogP contribution in [0.1, 0.15) is 36.1 Å². The molecule has 5 nitrogen and oxygen atoms in total. The number of furan rings is 1. The van der Waals surface area contributed by atoms with Gasteiger partial charge in [0.05, 0.1) is 11.5 Å². The summed E-state index contributed by atoms with van der Waals surface area (Å²) in [6.07, 6.45) is 6.14. The van der Waals surface area contributed by atoms with Crippen LogP contribution in [0.3, 0.4) is 0 Å². The largest absolute Gasteiger partial charge is 0.460 e. The Morgan fingerprint density at radius 1 is 1.12 bits per heavy atom. The minimum atomic E-state index is -3.52. The minimum absolute atomic E-state index is 0.0299. The zero-order chi connectivity index (χ0) is 18.6. The second-order valence-corrected chi connectivity index (χ2v) is 8.61. The van der Waals surface area contributed by atoms with Crippen LogP contribution < -0.4 is 0 Å². The molecule has 0 saturated heterocycles. The molecule has 0 aliphatic heterocycles. The van der Waals surface area contributed by atoms with Crippen molar-refractivity contribution in [1.29, 1.82) is 0 Å². The fourth-order valence-electron chi connectivity index (χ4n) is 2.96. The highest BCUT2D eigenvalue weighted by Crippen LogP contribution is 2.25. The zero-order valence-electron chi connectivity index (χ0n) is 14.6. The van der Waals surface area contributed by atoms with Gasteiger partial charge in [-0.1, -0.05) is 37.3 Å². The van der Waals surface area contributed by atoms with Crippen LogP contribution in [-0.4, -0.2) is 21.0 Å². The Bertz CT molecular complexity index is 880. The second-order valence-electron chi connectivity index (χ2n) is 6.62. The summed E-state index contributed by atoms with van der Waals surface area (Å²) >= 11 is 0. The highest BCUT2D eigenvalue weighted by atomic mass is 32.2. The van der Waals surface area contributed by atoms with E-state index in [1.807, 2.05) is 0 Å². The maximum Gasteiger partial charge on any atom is 0.374 e. The molecular formula is C20H22O5S. The Labute approximate surface area is 153 Å². The van der Waals surface area contributed by atoms with E-state index in [4.69, 9.17) is 9.15 Å². The summed E-state index contributed by atoms with van der Waals surface area (Å²) in [4.78, 5) is 12.4. The maximum atomic E-state index is 12.4. The van der Waals surface area contributed by atoms with Crippen LogP contribution >= 0.6 is 0 Å². The molecule has 0 amide bonds. The van der Waals surface area contributed by atoms with E-state index in [2.05, 4.69) is 19.1 Å². The topological polar surface area (TPSA) is 73.6 Å². The first-order chi connectivity index (χ1) is 12.5. The van der Waals surface area contributed by atoms with E-state index in [1.54, 1.807) is 18.2 Å². The Kier molecular flexibility index (Phi) is 5.61. The lowest BCUT2D eigenvalue weighted by atomic mass is 9.85. The van der Waals surface area contributed by atoms with Crippen LogP contribution in [0.5, 0.6) is 0 Å². The summed E-state index contributed by atoms with van der Waals surface area (Å²) in [5.74, 6) is 0.161. The summed E-state index contributed by atoms with van der Waals surface area (Å²) in [6.45, 7) is 2.48. The van der Waals surface area contributed by atoms with E-state index in [9.17, 15) is 13.2 Å². The number of hydrogen-bond donors (Lipinski definition) is 0. The van der Waals surface area contributed by atoms with Crippen molar-refractivity contribution < 1.29 is 22.4 Å². The molecule has 0 saturated carbocycles. The third-order valence-electron chi connectivity index (χ3n) is 4.64. The molecule has 1 heterocycles. The lowest BCUT2D eigenvalue weighted by Gasteiger charge is -2.24. The van der Waals surface area contributed by atoms with Crippen molar-refractivity contribution in [1.82, 2.24) is 0 Å². The third kappa shape index (κ3) is 4.43. The normalized spacial score (nSPS) is 20.0. The van der Waals surface area contributed by atoms with Crippen molar-refractivity contribution in [2.24, 2.45) is 11.8 Å². The lowest BCUT2D eigenvalue weighted by Crippen LogP contribution is -2.21. The quantitative estimate of drug-likeness (QED) is 0.564. The first-order valence-electron chi connectivity index (χ1n) is 8.64. The smallest absolute Gasteiger partial charge is 0.374 e. The van der Waals surface area contributed by atoms with Crippen molar-refractivity contribution in [2.45, 2.75) is 30.4 Å². The van der Waals surface area contributed by atoms with E-state index in [-0.39, 0.29) is 22.2 Å². The molecule has 1 aliphatic carbocycles. The number of allylic oxidation sites excluding steroid dienone is 2. The van der Waals surface area contributed by atoms with Crippen LogP contribution in [-0.2, 0) is 20.3 Å². The SMILES string of the molecule is CC1CC=CCC1COC(=O)c1ccc(CS(=O)(=O)c2ccccc2)o1. The highest BCUT2D eigenvalue weighted by molar-refractivity contribution is 7.90. The molecule has 1 aromatic heterocycles. The Hall–Kier alpha value is -2.34. The number of benzene rings is 1. The number of ether oxygens (including phenoxy) is 1. The van der Waals surface area contributed by atoms with Gasteiger partial charge in [0.2, 0.25) is 5.76 Å². The maximum absolute atomic E-state index is 12.4. The summed E-state index contributed by atoms with van der Waals surface area (Å²) in [6, 6.07) is 11.1. The van der Waals surface area contributed by atoms with Crippen LogP contribution in [0.15, 0.2) is 63.9 Å². The van der Waals surface area contributed by atoms with E-state index in [0.717, 1.165) is 12.8 Å². The molecule has 2 unspecified atom stereocenters. The number of rotatable bonds is 6. The van der Waals surface area contributed by atoms with Gasteiger partial charge in [0.25, 0.3) is 0 Å². The third-order valence-corrected chi connectivity index (χ3v) is 6.30. The van der Waals surface area contributed by atoms with Gasteiger partial charge in [0, 0.05) is 0 Å². The molecule has 26 heavy (non-hydrogen) atoms. The predicted molar refractivity (Wildman–Crippen MR) is 97.4 cm³/mol. The molecular weight excluding hydrogens is 352 g/mol. The van der Waals surface area contributed by atoms with Crippen molar-refractivity contribution >= 4 is 15.8 Å². The van der Waals surface area contributed by atoms with E-state index < -0.39 is 15.8 Å². The fourth-order valence-corrected chi connectivity index (χ4v) is 4.22. The molecule has 2 atom stereocenters. The number of carbonyl (C=O) groups is 1. The van der Waals surface area contributed by atoms with Gasteiger partial charge in [-0.05, 0) is 48.9 Å². The zero-order valence-corrected chi connectivity index (χ0v) is 15.4. The van der Waals surface area contributed by atoms with Gasteiger partial charge in [0.1, 0.15) is 11.5 Å². The molecule has 3 rings (SSSR count). The van der Waals surface area contributed by atoms with Crippen molar-refractivity contribution in [3.63, 3.8) is 0 Å². The Balaban J connectivity index is 1.60. The van der Waals surface area contributed by atoms with Gasteiger partial charge in [0.15, 0.2) is 9.84 Å². The number of carbonyl (C=O) groups excluding carboxylic acids is 1. The molecule has 1 aromatic carbocycles. The van der Waals surface area contributed by atoms with Crippen molar-refractivity contribution in [3.05, 3.63) is 66.1 Å². The van der Waals surface area contributed by atoms with Crippen molar-refractivity contribution in [3.8, 4) is 0 Å². The van der Waals surface area contributed by atoms with E-state index in [1.165, 1.54) is 24.3 Å². The average Bonchev–Trinajstić information content (AvgIpc) is 3.09. The van der Waals surface area contributed by atoms with Gasteiger partial charge in [-0.3, -0.25) is 0 Å². The van der Waals surface area contributed by atoms with Gasteiger partial charge in [-0.2, -0.15) is 0 Å².